The Morgan fingerprint density at radius 1 is 0.618 bits per heavy atom. The highest BCUT2D eigenvalue weighted by atomic mass is 16.5. The minimum atomic E-state index is -0.00408. The molecule has 4 unspecified atom stereocenters. The zero-order valence-corrected chi connectivity index (χ0v) is 24.2. The molecule has 0 radical (unpaired) electrons. The van der Waals surface area contributed by atoms with Crippen molar-refractivity contribution in [2.45, 2.75) is 157 Å². The molecule has 0 amide bonds. The minimum absolute atomic E-state index is 0.00408. The van der Waals surface area contributed by atoms with E-state index in [4.69, 9.17) is 4.74 Å². The van der Waals surface area contributed by atoms with E-state index in [1.807, 2.05) is 6.92 Å². The third kappa shape index (κ3) is 21.7. The van der Waals surface area contributed by atoms with Gasteiger partial charge >= 0.3 is 5.97 Å². The molecule has 0 bridgehead atoms. The van der Waals surface area contributed by atoms with Crippen molar-refractivity contribution in [3.05, 3.63) is 12.2 Å². The quantitative estimate of drug-likeness (QED) is 0.0783. The molecule has 0 heterocycles. The number of carbonyl (C=O) groups is 1. The summed E-state index contributed by atoms with van der Waals surface area (Å²) < 4.78 is 5.39. The number of allylic oxidation sites excluding steroid dienone is 2. The molecule has 0 aliphatic rings. The summed E-state index contributed by atoms with van der Waals surface area (Å²) in [6, 6.07) is 0. The summed E-state index contributed by atoms with van der Waals surface area (Å²) in [6.07, 6.45) is 28.2. The van der Waals surface area contributed by atoms with Gasteiger partial charge in [-0.15, -0.1) is 0 Å². The van der Waals surface area contributed by atoms with Gasteiger partial charge in [0.2, 0.25) is 0 Å². The van der Waals surface area contributed by atoms with E-state index in [2.05, 4.69) is 46.8 Å². The fourth-order valence-corrected chi connectivity index (χ4v) is 5.23. The lowest BCUT2D eigenvalue weighted by atomic mass is 9.84. The van der Waals surface area contributed by atoms with Crippen LogP contribution in [-0.4, -0.2) is 12.6 Å². The summed E-state index contributed by atoms with van der Waals surface area (Å²) >= 11 is 0. The molecule has 0 aromatic heterocycles. The molecule has 202 valence electrons. The summed E-state index contributed by atoms with van der Waals surface area (Å²) in [5.74, 6) is 2.18. The maximum atomic E-state index is 12.1. The van der Waals surface area contributed by atoms with Gasteiger partial charge in [0, 0.05) is 0 Å². The van der Waals surface area contributed by atoms with E-state index in [1.54, 1.807) is 0 Å². The zero-order chi connectivity index (χ0) is 25.4. The molecule has 0 spiro atoms. The van der Waals surface area contributed by atoms with E-state index in [-0.39, 0.29) is 11.9 Å². The van der Waals surface area contributed by atoms with Crippen LogP contribution >= 0.6 is 0 Å². The van der Waals surface area contributed by atoms with Crippen molar-refractivity contribution in [2.75, 3.05) is 6.61 Å². The standard InChI is InChI=1S/C32H62O2/c1-7-9-11-12-13-14-15-16-17-18-19-20-21-22-23-28(3)25-29(4)26-30(5)27-31(6)32(33)34-24-10-8-2/h14-15,28-31H,7-13,16-27H2,1-6H3/b15-14-. The molecule has 0 saturated heterocycles. The molecule has 0 rings (SSSR count). The molecule has 0 fully saturated rings. The normalized spacial score (nSPS) is 15.4. The molecule has 0 N–H and O–H groups in total. The van der Waals surface area contributed by atoms with Crippen LogP contribution in [0.1, 0.15) is 157 Å². The van der Waals surface area contributed by atoms with Crippen LogP contribution in [-0.2, 0) is 9.53 Å². The monoisotopic (exact) mass is 478 g/mol. The van der Waals surface area contributed by atoms with Crippen LogP contribution in [0.3, 0.4) is 0 Å². The van der Waals surface area contributed by atoms with Gasteiger partial charge in [-0.2, -0.15) is 0 Å². The minimum Gasteiger partial charge on any atom is -0.465 e. The second-order valence-electron chi connectivity index (χ2n) is 11.5. The SMILES string of the molecule is CCCCCC/C=C\CCCCCCCCC(C)CC(C)CC(C)CC(C)C(=O)OCCCC. The Morgan fingerprint density at radius 2 is 1.12 bits per heavy atom. The first-order valence-corrected chi connectivity index (χ1v) is 15.2. The fourth-order valence-electron chi connectivity index (χ4n) is 5.23. The van der Waals surface area contributed by atoms with E-state index in [0.717, 1.165) is 31.1 Å². The molecule has 0 aromatic rings. The number of rotatable bonds is 24. The summed E-state index contributed by atoms with van der Waals surface area (Å²) in [5, 5.41) is 0. The van der Waals surface area contributed by atoms with Crippen molar-refractivity contribution in [1.29, 1.82) is 0 Å². The maximum Gasteiger partial charge on any atom is 0.308 e. The molecular weight excluding hydrogens is 416 g/mol. The van der Waals surface area contributed by atoms with E-state index >= 15 is 0 Å². The van der Waals surface area contributed by atoms with Gasteiger partial charge in [0.05, 0.1) is 12.5 Å². The number of hydrogen-bond acceptors (Lipinski definition) is 2. The first-order valence-electron chi connectivity index (χ1n) is 15.2. The molecular formula is C32H62O2. The van der Waals surface area contributed by atoms with Crippen molar-refractivity contribution in [1.82, 2.24) is 0 Å². The van der Waals surface area contributed by atoms with Crippen LogP contribution < -0.4 is 0 Å². The smallest absolute Gasteiger partial charge is 0.308 e. The van der Waals surface area contributed by atoms with Crippen molar-refractivity contribution in [2.24, 2.45) is 23.7 Å². The van der Waals surface area contributed by atoms with E-state index in [1.165, 1.54) is 96.3 Å². The molecule has 2 nitrogen and oxygen atoms in total. The Morgan fingerprint density at radius 3 is 1.74 bits per heavy atom. The molecule has 0 aromatic carbocycles. The van der Waals surface area contributed by atoms with Crippen LogP contribution in [0.15, 0.2) is 12.2 Å². The molecule has 0 aliphatic heterocycles. The van der Waals surface area contributed by atoms with Gasteiger partial charge in [-0.05, 0) is 69.1 Å². The Balaban J connectivity index is 3.66. The van der Waals surface area contributed by atoms with Crippen molar-refractivity contribution in [3.8, 4) is 0 Å². The summed E-state index contributed by atoms with van der Waals surface area (Å²) in [7, 11) is 0. The highest BCUT2D eigenvalue weighted by molar-refractivity contribution is 5.71. The Kier molecular flexibility index (Phi) is 23.4. The van der Waals surface area contributed by atoms with E-state index in [0.29, 0.717) is 12.5 Å². The van der Waals surface area contributed by atoms with E-state index in [9.17, 15) is 4.79 Å². The number of ether oxygens (including phenoxy) is 1. The highest BCUT2D eigenvalue weighted by Gasteiger charge is 2.20. The first kappa shape index (κ1) is 33.2. The lowest BCUT2D eigenvalue weighted by Gasteiger charge is -2.22. The highest BCUT2D eigenvalue weighted by Crippen LogP contribution is 2.26. The third-order valence-corrected chi connectivity index (χ3v) is 7.22. The molecule has 0 saturated carbocycles. The van der Waals surface area contributed by atoms with Gasteiger partial charge < -0.3 is 4.74 Å². The van der Waals surface area contributed by atoms with Crippen molar-refractivity contribution < 1.29 is 9.53 Å². The molecule has 34 heavy (non-hydrogen) atoms. The van der Waals surface area contributed by atoms with Gasteiger partial charge in [-0.3, -0.25) is 4.79 Å². The van der Waals surface area contributed by atoms with Gasteiger partial charge in [0.25, 0.3) is 0 Å². The van der Waals surface area contributed by atoms with Crippen molar-refractivity contribution >= 4 is 5.97 Å². The molecule has 2 heteroatoms. The topological polar surface area (TPSA) is 26.3 Å². The van der Waals surface area contributed by atoms with Gasteiger partial charge in [0.1, 0.15) is 0 Å². The third-order valence-electron chi connectivity index (χ3n) is 7.22. The van der Waals surface area contributed by atoms with Crippen LogP contribution in [0, 0.1) is 23.7 Å². The Labute approximate surface area is 215 Å². The average Bonchev–Trinajstić information content (AvgIpc) is 2.79. The predicted molar refractivity (Wildman–Crippen MR) is 151 cm³/mol. The van der Waals surface area contributed by atoms with Gasteiger partial charge in [0.15, 0.2) is 0 Å². The number of carbonyl (C=O) groups excluding carboxylic acids is 1. The average molecular weight is 479 g/mol. The van der Waals surface area contributed by atoms with E-state index < -0.39 is 0 Å². The van der Waals surface area contributed by atoms with Crippen LogP contribution in [0.25, 0.3) is 0 Å². The number of unbranched alkanes of at least 4 members (excludes halogenated alkanes) is 11. The molecule has 4 atom stereocenters. The van der Waals surface area contributed by atoms with Gasteiger partial charge in [-0.1, -0.05) is 118 Å². The number of esters is 1. The maximum absolute atomic E-state index is 12.1. The summed E-state index contributed by atoms with van der Waals surface area (Å²) in [5.41, 5.74) is 0. The second kappa shape index (κ2) is 23.9. The largest absolute Gasteiger partial charge is 0.465 e. The fraction of sp³-hybridized carbons (Fsp3) is 0.906. The van der Waals surface area contributed by atoms with Gasteiger partial charge in [-0.25, -0.2) is 0 Å². The lowest BCUT2D eigenvalue weighted by molar-refractivity contribution is -0.148. The Hall–Kier alpha value is -0.790. The van der Waals surface area contributed by atoms with Crippen LogP contribution in [0.4, 0.5) is 0 Å². The second-order valence-corrected chi connectivity index (χ2v) is 11.5. The zero-order valence-electron chi connectivity index (χ0n) is 24.2. The van der Waals surface area contributed by atoms with Crippen LogP contribution in [0.5, 0.6) is 0 Å². The predicted octanol–water partition coefficient (Wildman–Crippen LogP) is 10.7. The Bertz CT molecular complexity index is 470. The summed E-state index contributed by atoms with van der Waals surface area (Å²) in [6.45, 7) is 14.2. The summed E-state index contributed by atoms with van der Waals surface area (Å²) in [4.78, 5) is 12.1. The molecule has 0 aliphatic carbocycles. The lowest BCUT2D eigenvalue weighted by Crippen LogP contribution is -2.19. The van der Waals surface area contributed by atoms with Crippen LogP contribution in [0.2, 0.25) is 0 Å². The number of hydrogen-bond donors (Lipinski definition) is 0. The van der Waals surface area contributed by atoms with Crippen molar-refractivity contribution in [3.63, 3.8) is 0 Å². The first-order chi connectivity index (χ1) is 16.4.